The number of Topliss-reactive ketones (excluding diaryl/α,β-unsaturated/α-hetero) is 1. The number of ketones is 1. The Labute approximate surface area is 164 Å². The molecule has 0 aromatic heterocycles. The van der Waals surface area contributed by atoms with Gasteiger partial charge >= 0.3 is 0 Å². The van der Waals surface area contributed by atoms with Gasteiger partial charge in [-0.2, -0.15) is 0 Å². The van der Waals surface area contributed by atoms with Gasteiger partial charge in [-0.1, -0.05) is 45.7 Å². The molecule has 2 aromatic carbocycles. The van der Waals surface area contributed by atoms with Gasteiger partial charge in [0, 0.05) is 21.6 Å². The van der Waals surface area contributed by atoms with E-state index < -0.39 is 17.7 Å². The highest BCUT2D eigenvalue weighted by molar-refractivity contribution is 9.10. The van der Waals surface area contributed by atoms with E-state index in [1.807, 2.05) is 24.3 Å². The molecule has 1 aliphatic rings. The molecule has 6 heteroatoms. The SMILES string of the molecule is C=CCN1C(=O)C(=O)/C(=C(/O)c2ccc(Cl)cc2)[C@@H]1c1ccc(Br)cc1. The molecule has 0 saturated carbocycles. The van der Waals surface area contributed by atoms with E-state index in [-0.39, 0.29) is 17.9 Å². The lowest BCUT2D eigenvalue weighted by Crippen LogP contribution is -2.29. The monoisotopic (exact) mass is 431 g/mol. The summed E-state index contributed by atoms with van der Waals surface area (Å²) in [5, 5.41) is 11.3. The number of aliphatic hydroxyl groups is 1. The lowest BCUT2D eigenvalue weighted by atomic mass is 9.95. The summed E-state index contributed by atoms with van der Waals surface area (Å²) in [7, 11) is 0. The minimum absolute atomic E-state index is 0.0569. The van der Waals surface area contributed by atoms with E-state index in [0.717, 1.165) is 10.0 Å². The number of carbonyl (C=O) groups excluding carboxylic acids is 2. The Balaban J connectivity index is 2.18. The van der Waals surface area contributed by atoms with Crippen molar-refractivity contribution in [1.82, 2.24) is 4.90 Å². The highest BCUT2D eigenvalue weighted by atomic mass is 79.9. The van der Waals surface area contributed by atoms with Gasteiger partial charge in [-0.15, -0.1) is 6.58 Å². The normalized spacial score (nSPS) is 19.0. The molecular formula is C20H15BrClNO3. The number of rotatable bonds is 4. The summed E-state index contributed by atoms with van der Waals surface area (Å²) in [5.41, 5.74) is 1.21. The Morgan fingerprint density at radius 3 is 2.35 bits per heavy atom. The number of halogens is 2. The fraction of sp³-hybridized carbons (Fsp3) is 0.100. The first-order valence-electron chi connectivity index (χ1n) is 7.84. The number of nitrogens with zero attached hydrogens (tertiary/aromatic N) is 1. The first-order chi connectivity index (χ1) is 12.4. The number of likely N-dealkylation sites (tertiary alicyclic amines) is 1. The molecule has 1 fully saturated rings. The molecule has 1 N–H and O–H groups in total. The van der Waals surface area contributed by atoms with E-state index in [2.05, 4.69) is 22.5 Å². The van der Waals surface area contributed by atoms with E-state index in [1.165, 1.54) is 4.90 Å². The fourth-order valence-corrected chi connectivity index (χ4v) is 3.35. The standard InChI is InChI=1S/C20H15BrClNO3/c1-2-11-23-17(12-3-7-14(21)8-4-12)16(19(25)20(23)26)18(24)13-5-9-15(22)10-6-13/h2-10,17,24H,1,11H2/b18-16+/t17-/m0/s1. The molecule has 132 valence electrons. The Kier molecular flexibility index (Phi) is 5.30. The second kappa shape index (κ2) is 7.48. The molecule has 1 amide bonds. The second-order valence-electron chi connectivity index (χ2n) is 5.80. The maximum absolute atomic E-state index is 12.6. The largest absolute Gasteiger partial charge is 0.507 e. The van der Waals surface area contributed by atoms with Crippen LogP contribution in [0.1, 0.15) is 17.2 Å². The van der Waals surface area contributed by atoms with Gasteiger partial charge in [-0.25, -0.2) is 0 Å². The minimum Gasteiger partial charge on any atom is -0.507 e. The van der Waals surface area contributed by atoms with Crippen molar-refractivity contribution in [3.63, 3.8) is 0 Å². The van der Waals surface area contributed by atoms with Crippen LogP contribution in [0.2, 0.25) is 5.02 Å². The third kappa shape index (κ3) is 3.32. The maximum Gasteiger partial charge on any atom is 0.295 e. The third-order valence-electron chi connectivity index (χ3n) is 4.17. The molecular weight excluding hydrogens is 418 g/mol. The molecule has 3 rings (SSSR count). The first-order valence-corrected chi connectivity index (χ1v) is 9.02. The van der Waals surface area contributed by atoms with Gasteiger partial charge in [0.05, 0.1) is 11.6 Å². The molecule has 2 aromatic rings. The van der Waals surface area contributed by atoms with Crippen molar-refractivity contribution in [1.29, 1.82) is 0 Å². The van der Waals surface area contributed by atoms with Crippen molar-refractivity contribution in [3.8, 4) is 0 Å². The number of aliphatic hydroxyl groups excluding tert-OH is 1. The molecule has 1 atom stereocenters. The van der Waals surface area contributed by atoms with Crippen molar-refractivity contribution in [2.24, 2.45) is 0 Å². The van der Waals surface area contributed by atoms with Crippen molar-refractivity contribution >= 4 is 45.0 Å². The van der Waals surface area contributed by atoms with E-state index in [1.54, 1.807) is 30.3 Å². The van der Waals surface area contributed by atoms with Crippen LogP contribution in [-0.4, -0.2) is 28.2 Å². The van der Waals surface area contributed by atoms with Crippen LogP contribution in [0.15, 0.2) is 71.2 Å². The summed E-state index contributed by atoms with van der Waals surface area (Å²) in [6, 6.07) is 13.0. The Hall–Kier alpha value is -2.37. The van der Waals surface area contributed by atoms with Crippen LogP contribution in [0, 0.1) is 0 Å². The van der Waals surface area contributed by atoms with Gasteiger partial charge in [0.1, 0.15) is 5.76 Å². The third-order valence-corrected chi connectivity index (χ3v) is 4.95. The predicted molar refractivity (Wildman–Crippen MR) is 105 cm³/mol. The molecule has 4 nitrogen and oxygen atoms in total. The Bertz CT molecular complexity index is 904. The summed E-state index contributed by atoms with van der Waals surface area (Å²) in [4.78, 5) is 26.5. The highest BCUT2D eigenvalue weighted by Crippen LogP contribution is 2.39. The van der Waals surface area contributed by atoms with Crippen LogP contribution >= 0.6 is 27.5 Å². The van der Waals surface area contributed by atoms with Gasteiger partial charge < -0.3 is 10.0 Å². The van der Waals surface area contributed by atoms with Crippen molar-refractivity contribution in [2.45, 2.75) is 6.04 Å². The number of carbonyl (C=O) groups is 2. The molecule has 0 aliphatic carbocycles. The van der Waals surface area contributed by atoms with Crippen LogP contribution in [0.5, 0.6) is 0 Å². The van der Waals surface area contributed by atoms with Crippen LogP contribution in [0.4, 0.5) is 0 Å². The molecule has 0 unspecified atom stereocenters. The molecule has 1 saturated heterocycles. The highest BCUT2D eigenvalue weighted by Gasteiger charge is 2.45. The quantitative estimate of drug-likeness (QED) is 0.329. The summed E-state index contributed by atoms with van der Waals surface area (Å²) in [6.45, 7) is 3.85. The topological polar surface area (TPSA) is 57.6 Å². The fourth-order valence-electron chi connectivity index (χ4n) is 2.96. The lowest BCUT2D eigenvalue weighted by Gasteiger charge is -2.24. The van der Waals surface area contributed by atoms with Crippen LogP contribution < -0.4 is 0 Å². The molecule has 0 spiro atoms. The van der Waals surface area contributed by atoms with Crippen molar-refractivity contribution in [2.75, 3.05) is 6.54 Å². The van der Waals surface area contributed by atoms with E-state index >= 15 is 0 Å². The van der Waals surface area contributed by atoms with Crippen LogP contribution in [0.25, 0.3) is 5.76 Å². The number of hydrogen-bond acceptors (Lipinski definition) is 3. The van der Waals surface area contributed by atoms with Gasteiger partial charge in [-0.05, 0) is 42.0 Å². The minimum atomic E-state index is -0.716. The van der Waals surface area contributed by atoms with Crippen molar-refractivity contribution < 1.29 is 14.7 Å². The first kappa shape index (κ1) is 18.4. The second-order valence-corrected chi connectivity index (χ2v) is 7.15. The number of amides is 1. The van der Waals surface area contributed by atoms with Crippen molar-refractivity contribution in [3.05, 3.63) is 87.4 Å². The van der Waals surface area contributed by atoms with E-state index in [0.29, 0.717) is 10.6 Å². The zero-order valence-corrected chi connectivity index (χ0v) is 16.0. The van der Waals surface area contributed by atoms with Gasteiger partial charge in [-0.3, -0.25) is 9.59 Å². The molecule has 26 heavy (non-hydrogen) atoms. The zero-order valence-electron chi connectivity index (χ0n) is 13.7. The van der Waals surface area contributed by atoms with E-state index in [9.17, 15) is 14.7 Å². The number of hydrogen-bond donors (Lipinski definition) is 1. The van der Waals surface area contributed by atoms with Gasteiger partial charge in [0.2, 0.25) is 0 Å². The zero-order chi connectivity index (χ0) is 18.8. The van der Waals surface area contributed by atoms with Gasteiger partial charge in [0.15, 0.2) is 0 Å². The van der Waals surface area contributed by atoms with Crippen LogP contribution in [-0.2, 0) is 9.59 Å². The summed E-state index contributed by atoms with van der Waals surface area (Å²) < 4.78 is 0.875. The Morgan fingerprint density at radius 1 is 1.15 bits per heavy atom. The van der Waals surface area contributed by atoms with E-state index in [4.69, 9.17) is 11.6 Å². The molecule has 1 aliphatic heterocycles. The molecule has 0 radical (unpaired) electrons. The molecule has 0 bridgehead atoms. The molecule has 1 heterocycles. The predicted octanol–water partition coefficient (Wildman–Crippen LogP) is 4.71. The average molecular weight is 433 g/mol. The summed E-state index contributed by atoms with van der Waals surface area (Å²) >= 11 is 9.26. The van der Waals surface area contributed by atoms with Gasteiger partial charge in [0.25, 0.3) is 11.7 Å². The average Bonchev–Trinajstić information content (AvgIpc) is 2.88. The maximum atomic E-state index is 12.6. The Morgan fingerprint density at radius 2 is 1.77 bits per heavy atom. The summed E-state index contributed by atoms with van der Waals surface area (Å²) in [5.74, 6) is -1.60. The van der Waals surface area contributed by atoms with Crippen LogP contribution in [0.3, 0.4) is 0 Å². The summed E-state index contributed by atoms with van der Waals surface area (Å²) in [6.07, 6.45) is 1.55. The smallest absolute Gasteiger partial charge is 0.295 e. The lowest BCUT2D eigenvalue weighted by molar-refractivity contribution is -0.139. The number of benzene rings is 2.